The number of hydrogen-bond acceptors (Lipinski definition) is 3. The van der Waals surface area contributed by atoms with E-state index in [9.17, 15) is 4.79 Å². The van der Waals surface area contributed by atoms with Crippen LogP contribution in [0, 0.1) is 0 Å². The number of thiazole rings is 1. The van der Waals surface area contributed by atoms with Gasteiger partial charge in [0.2, 0.25) is 0 Å². The van der Waals surface area contributed by atoms with Crippen LogP contribution in [0.25, 0.3) is 10.2 Å². The van der Waals surface area contributed by atoms with Crippen molar-refractivity contribution in [2.45, 2.75) is 13.0 Å². The number of nitrogens with zero attached hydrogens (tertiary/aromatic N) is 1. The molecule has 1 unspecified atom stereocenters. The lowest BCUT2D eigenvalue weighted by Gasteiger charge is -2.15. The molecule has 1 aromatic heterocycles. The maximum absolute atomic E-state index is 12.4. The summed E-state index contributed by atoms with van der Waals surface area (Å²) in [6, 6.07) is 13.4. The Labute approximate surface area is 135 Å². The molecule has 0 saturated carbocycles. The van der Waals surface area contributed by atoms with E-state index in [0.29, 0.717) is 5.56 Å². The van der Waals surface area contributed by atoms with Crippen molar-refractivity contribution >= 4 is 43.4 Å². The van der Waals surface area contributed by atoms with Crippen molar-refractivity contribution in [3.63, 3.8) is 0 Å². The van der Waals surface area contributed by atoms with Gasteiger partial charge in [0.1, 0.15) is 0 Å². The molecule has 3 aromatic rings. The minimum absolute atomic E-state index is 0.0646. The first-order valence-electron chi connectivity index (χ1n) is 6.53. The van der Waals surface area contributed by atoms with E-state index < -0.39 is 0 Å². The predicted octanol–water partition coefficient (Wildman–Crippen LogP) is 4.55. The molecule has 5 heteroatoms. The van der Waals surface area contributed by atoms with Crippen LogP contribution in [0.4, 0.5) is 0 Å². The molecular formula is C16H13BrN2OS. The monoisotopic (exact) mass is 360 g/mol. The van der Waals surface area contributed by atoms with Crippen LogP contribution in [0.15, 0.2) is 52.4 Å². The Morgan fingerprint density at radius 1 is 1.29 bits per heavy atom. The fourth-order valence-corrected chi connectivity index (χ4v) is 3.52. The molecule has 1 N–H and O–H groups in total. The molecule has 1 heterocycles. The number of aromatic nitrogens is 1. The molecule has 0 aliphatic rings. The molecule has 1 atom stereocenters. The van der Waals surface area contributed by atoms with Gasteiger partial charge in [0.25, 0.3) is 5.91 Å². The number of hydrogen-bond donors (Lipinski definition) is 1. The van der Waals surface area contributed by atoms with Gasteiger partial charge < -0.3 is 5.32 Å². The van der Waals surface area contributed by atoms with Gasteiger partial charge in [-0.25, -0.2) is 4.98 Å². The lowest BCUT2D eigenvalue weighted by Crippen LogP contribution is -2.26. The number of carbonyl (C=O) groups is 1. The van der Waals surface area contributed by atoms with Crippen LogP contribution < -0.4 is 5.32 Å². The smallest absolute Gasteiger partial charge is 0.251 e. The van der Waals surface area contributed by atoms with Crippen LogP contribution in [0.2, 0.25) is 0 Å². The highest BCUT2D eigenvalue weighted by Crippen LogP contribution is 2.24. The summed E-state index contributed by atoms with van der Waals surface area (Å²) < 4.78 is 2.02. The number of benzene rings is 2. The SMILES string of the molecule is CC(NC(=O)c1ccc2ncsc2c1)c1ccccc1Br. The van der Waals surface area contributed by atoms with E-state index in [0.717, 1.165) is 20.3 Å². The number of rotatable bonds is 3. The Hall–Kier alpha value is -1.72. The summed E-state index contributed by atoms with van der Waals surface area (Å²) in [6.07, 6.45) is 0. The summed E-state index contributed by atoms with van der Waals surface area (Å²) in [7, 11) is 0. The zero-order valence-electron chi connectivity index (χ0n) is 11.3. The number of carbonyl (C=O) groups excluding carboxylic acids is 1. The van der Waals surface area contributed by atoms with Crippen LogP contribution in [0.5, 0.6) is 0 Å². The van der Waals surface area contributed by atoms with Crippen molar-refractivity contribution in [2.24, 2.45) is 0 Å². The lowest BCUT2D eigenvalue weighted by molar-refractivity contribution is 0.0940. The zero-order valence-corrected chi connectivity index (χ0v) is 13.7. The first kappa shape index (κ1) is 14.2. The summed E-state index contributed by atoms with van der Waals surface area (Å²) in [5.41, 5.74) is 4.43. The maximum Gasteiger partial charge on any atom is 0.251 e. The van der Waals surface area contributed by atoms with Gasteiger partial charge in [0.15, 0.2) is 0 Å². The topological polar surface area (TPSA) is 42.0 Å². The number of halogens is 1. The highest BCUT2D eigenvalue weighted by molar-refractivity contribution is 9.10. The van der Waals surface area contributed by atoms with Crippen molar-refractivity contribution in [2.75, 3.05) is 0 Å². The summed E-state index contributed by atoms with van der Waals surface area (Å²) in [6.45, 7) is 1.98. The number of fused-ring (bicyclic) bond motifs is 1. The minimum atomic E-state index is -0.0754. The van der Waals surface area contributed by atoms with Crippen LogP contribution in [0.3, 0.4) is 0 Å². The van der Waals surface area contributed by atoms with Gasteiger partial charge in [-0.05, 0) is 36.8 Å². The third kappa shape index (κ3) is 2.99. The van der Waals surface area contributed by atoms with Crippen LogP contribution in [-0.2, 0) is 0 Å². The van der Waals surface area contributed by atoms with E-state index in [1.807, 2.05) is 49.4 Å². The van der Waals surface area contributed by atoms with Gasteiger partial charge in [-0.3, -0.25) is 4.79 Å². The standard InChI is InChI=1S/C16H13BrN2OS/c1-10(12-4-2-3-5-13(12)17)19-16(20)11-6-7-14-15(8-11)21-9-18-14/h2-10H,1H3,(H,19,20). The van der Waals surface area contributed by atoms with E-state index in [2.05, 4.69) is 26.2 Å². The largest absolute Gasteiger partial charge is 0.345 e. The van der Waals surface area contributed by atoms with E-state index >= 15 is 0 Å². The molecular weight excluding hydrogens is 348 g/mol. The Bertz CT molecular complexity index is 800. The van der Waals surface area contributed by atoms with Gasteiger partial charge in [0.05, 0.1) is 21.8 Å². The molecule has 0 radical (unpaired) electrons. The molecule has 3 rings (SSSR count). The lowest BCUT2D eigenvalue weighted by atomic mass is 10.1. The zero-order chi connectivity index (χ0) is 14.8. The van der Waals surface area contributed by atoms with Crippen molar-refractivity contribution in [3.8, 4) is 0 Å². The van der Waals surface area contributed by atoms with Gasteiger partial charge in [-0.2, -0.15) is 0 Å². The minimum Gasteiger partial charge on any atom is -0.345 e. The molecule has 0 saturated heterocycles. The predicted molar refractivity (Wildman–Crippen MR) is 89.6 cm³/mol. The average Bonchev–Trinajstić information content (AvgIpc) is 2.94. The summed E-state index contributed by atoms with van der Waals surface area (Å²) >= 11 is 5.05. The van der Waals surface area contributed by atoms with E-state index in [1.54, 1.807) is 5.51 Å². The van der Waals surface area contributed by atoms with Gasteiger partial charge in [0, 0.05) is 10.0 Å². The third-order valence-corrected chi connectivity index (χ3v) is 4.83. The number of amides is 1. The first-order valence-corrected chi connectivity index (χ1v) is 8.21. The first-order chi connectivity index (χ1) is 10.1. The Kier molecular flexibility index (Phi) is 4.03. The molecule has 3 nitrogen and oxygen atoms in total. The summed E-state index contributed by atoms with van der Waals surface area (Å²) in [5, 5.41) is 3.03. The maximum atomic E-state index is 12.4. The number of nitrogens with one attached hydrogen (secondary N) is 1. The molecule has 2 aromatic carbocycles. The summed E-state index contributed by atoms with van der Waals surface area (Å²) in [5.74, 6) is -0.0754. The van der Waals surface area contributed by atoms with Gasteiger partial charge >= 0.3 is 0 Å². The van der Waals surface area contributed by atoms with E-state index in [1.165, 1.54) is 11.3 Å². The quantitative estimate of drug-likeness (QED) is 0.744. The van der Waals surface area contributed by atoms with E-state index in [-0.39, 0.29) is 11.9 Å². The highest BCUT2D eigenvalue weighted by Gasteiger charge is 2.14. The van der Waals surface area contributed by atoms with Crippen LogP contribution in [0.1, 0.15) is 28.9 Å². The molecule has 21 heavy (non-hydrogen) atoms. The van der Waals surface area contributed by atoms with Gasteiger partial charge in [-0.1, -0.05) is 34.1 Å². The van der Waals surface area contributed by atoms with Crippen LogP contribution >= 0.6 is 27.3 Å². The fourth-order valence-electron chi connectivity index (χ4n) is 2.18. The van der Waals surface area contributed by atoms with Crippen molar-refractivity contribution in [1.82, 2.24) is 10.3 Å². The van der Waals surface area contributed by atoms with Crippen LogP contribution in [-0.4, -0.2) is 10.9 Å². The molecule has 0 bridgehead atoms. The van der Waals surface area contributed by atoms with Crippen molar-refractivity contribution in [3.05, 3.63) is 63.6 Å². The molecule has 106 valence electrons. The molecule has 0 aliphatic carbocycles. The highest BCUT2D eigenvalue weighted by atomic mass is 79.9. The molecule has 0 fully saturated rings. The Morgan fingerprint density at radius 2 is 2.10 bits per heavy atom. The molecule has 0 spiro atoms. The fraction of sp³-hybridized carbons (Fsp3) is 0.125. The second-order valence-electron chi connectivity index (χ2n) is 4.75. The van der Waals surface area contributed by atoms with Crippen molar-refractivity contribution < 1.29 is 4.79 Å². The molecule has 0 aliphatic heterocycles. The van der Waals surface area contributed by atoms with Gasteiger partial charge in [-0.15, -0.1) is 11.3 Å². The Balaban J connectivity index is 1.81. The van der Waals surface area contributed by atoms with Crippen molar-refractivity contribution in [1.29, 1.82) is 0 Å². The second kappa shape index (κ2) is 5.95. The second-order valence-corrected chi connectivity index (χ2v) is 6.49. The normalized spacial score (nSPS) is 12.3. The third-order valence-electron chi connectivity index (χ3n) is 3.31. The van der Waals surface area contributed by atoms with E-state index in [4.69, 9.17) is 0 Å². The molecule has 1 amide bonds. The summed E-state index contributed by atoms with van der Waals surface area (Å²) in [4.78, 5) is 16.6. The Morgan fingerprint density at radius 3 is 2.90 bits per heavy atom. The average molecular weight is 361 g/mol.